The summed E-state index contributed by atoms with van der Waals surface area (Å²) in [5.41, 5.74) is 6.20. The first-order valence-corrected chi connectivity index (χ1v) is 11.3. The van der Waals surface area contributed by atoms with E-state index in [2.05, 4.69) is 20.3 Å². The normalized spacial score (nSPS) is 12.1. The summed E-state index contributed by atoms with van der Waals surface area (Å²) in [6.45, 7) is 0.366. The highest BCUT2D eigenvalue weighted by atomic mass is 32.2. The van der Waals surface area contributed by atoms with Crippen LogP contribution in [0.4, 0.5) is 5.95 Å². The Bertz CT molecular complexity index is 1010. The van der Waals surface area contributed by atoms with E-state index >= 15 is 0 Å². The van der Waals surface area contributed by atoms with Crippen molar-refractivity contribution in [3.8, 4) is 0 Å². The standard InChI is InChI=1S/C15H21N5O6S2/c16-7-1-2-13-18-14(20-15(19-13)17-8-9-27(21,22)23)10-11-3-5-12(6-4-11)28(24,25)26/h3-6H,1-2,7-10,16H2,(H,21,22,23)(H,24,25,26)(H,17,18,19,20). The van der Waals surface area contributed by atoms with E-state index in [1.54, 1.807) is 0 Å². The van der Waals surface area contributed by atoms with Crippen LogP contribution in [-0.4, -0.2) is 59.7 Å². The van der Waals surface area contributed by atoms with Crippen LogP contribution in [-0.2, 0) is 33.1 Å². The van der Waals surface area contributed by atoms with Gasteiger partial charge in [-0.25, -0.2) is 4.98 Å². The Hall–Kier alpha value is -2.19. The van der Waals surface area contributed by atoms with Gasteiger partial charge in [0.05, 0.1) is 10.6 Å². The maximum atomic E-state index is 11.1. The molecule has 2 rings (SSSR count). The number of nitrogens with two attached hydrogens (primary N) is 1. The highest BCUT2D eigenvalue weighted by molar-refractivity contribution is 7.86. The van der Waals surface area contributed by atoms with Crippen LogP contribution in [0.25, 0.3) is 0 Å². The van der Waals surface area contributed by atoms with Crippen molar-refractivity contribution in [2.75, 3.05) is 24.2 Å². The topological polar surface area (TPSA) is 185 Å². The molecule has 0 atom stereocenters. The minimum absolute atomic E-state index is 0.0817. The minimum atomic E-state index is -4.27. The van der Waals surface area contributed by atoms with Gasteiger partial charge in [-0.3, -0.25) is 9.11 Å². The van der Waals surface area contributed by atoms with Gasteiger partial charge in [-0.2, -0.15) is 26.8 Å². The third kappa shape index (κ3) is 7.44. The number of nitrogens with one attached hydrogen (secondary N) is 1. The van der Waals surface area contributed by atoms with Crippen molar-refractivity contribution in [3.63, 3.8) is 0 Å². The fraction of sp³-hybridized carbons (Fsp3) is 0.400. The van der Waals surface area contributed by atoms with Crippen LogP contribution in [0.15, 0.2) is 29.2 Å². The maximum absolute atomic E-state index is 11.1. The van der Waals surface area contributed by atoms with Crippen LogP contribution in [0.1, 0.15) is 23.6 Å². The van der Waals surface area contributed by atoms with E-state index in [9.17, 15) is 16.8 Å². The van der Waals surface area contributed by atoms with Crippen molar-refractivity contribution in [2.45, 2.75) is 24.2 Å². The van der Waals surface area contributed by atoms with Gasteiger partial charge < -0.3 is 11.1 Å². The van der Waals surface area contributed by atoms with Crippen LogP contribution in [0.2, 0.25) is 0 Å². The molecule has 0 aliphatic heterocycles. The van der Waals surface area contributed by atoms with E-state index in [1.807, 2.05) is 0 Å². The van der Waals surface area contributed by atoms with Gasteiger partial charge in [0.2, 0.25) is 5.95 Å². The average Bonchev–Trinajstić information content (AvgIpc) is 2.58. The minimum Gasteiger partial charge on any atom is -0.353 e. The Labute approximate surface area is 162 Å². The summed E-state index contributed by atoms with van der Waals surface area (Å²) in [7, 11) is -8.38. The summed E-state index contributed by atoms with van der Waals surface area (Å²) >= 11 is 0. The molecule has 0 unspecified atom stereocenters. The lowest BCUT2D eigenvalue weighted by Crippen LogP contribution is -2.18. The average molecular weight is 431 g/mol. The van der Waals surface area contributed by atoms with Gasteiger partial charge in [0.1, 0.15) is 11.6 Å². The summed E-state index contributed by atoms with van der Waals surface area (Å²) in [6, 6.07) is 5.59. The lowest BCUT2D eigenvalue weighted by atomic mass is 10.1. The second kappa shape index (κ2) is 9.34. The first-order chi connectivity index (χ1) is 13.1. The van der Waals surface area contributed by atoms with Gasteiger partial charge in [0.25, 0.3) is 20.2 Å². The zero-order valence-electron chi connectivity index (χ0n) is 14.8. The molecule has 0 spiro atoms. The molecule has 0 radical (unpaired) electrons. The van der Waals surface area contributed by atoms with Crippen molar-refractivity contribution < 1.29 is 25.9 Å². The molecule has 0 bridgehead atoms. The summed E-state index contributed by atoms with van der Waals surface area (Å²) in [5.74, 6) is 0.522. The molecule has 0 aliphatic rings. The second-order valence-electron chi connectivity index (χ2n) is 5.89. The first kappa shape index (κ1) is 22.1. The monoisotopic (exact) mass is 431 g/mol. The van der Waals surface area contributed by atoms with Crippen molar-refractivity contribution in [2.24, 2.45) is 5.73 Å². The number of hydrogen-bond donors (Lipinski definition) is 4. The van der Waals surface area contributed by atoms with Gasteiger partial charge in [-0.15, -0.1) is 0 Å². The van der Waals surface area contributed by atoms with Gasteiger partial charge in [-0.05, 0) is 30.7 Å². The number of rotatable bonds is 10. The molecule has 0 fully saturated rings. The fourth-order valence-corrected chi connectivity index (χ4v) is 3.09. The van der Waals surface area contributed by atoms with Crippen LogP contribution < -0.4 is 11.1 Å². The summed E-state index contributed by atoms with van der Waals surface area (Å²) in [5, 5.41) is 2.73. The summed E-state index contributed by atoms with van der Waals surface area (Å²) < 4.78 is 61.7. The van der Waals surface area contributed by atoms with Crippen LogP contribution >= 0.6 is 0 Å². The first-order valence-electron chi connectivity index (χ1n) is 8.26. The third-order valence-corrected chi connectivity index (χ3v) is 5.15. The van der Waals surface area contributed by atoms with E-state index in [1.165, 1.54) is 24.3 Å². The quantitative estimate of drug-likeness (QED) is 0.368. The van der Waals surface area contributed by atoms with Gasteiger partial charge in [0, 0.05) is 19.4 Å². The molecular weight excluding hydrogens is 410 g/mol. The van der Waals surface area contributed by atoms with E-state index in [-0.39, 0.29) is 23.8 Å². The molecule has 2 aromatic rings. The number of hydrogen-bond acceptors (Lipinski definition) is 9. The molecule has 1 aromatic heterocycles. The fourth-order valence-electron chi connectivity index (χ4n) is 2.25. The number of anilines is 1. The zero-order chi connectivity index (χ0) is 20.8. The van der Waals surface area contributed by atoms with Crippen molar-refractivity contribution in [1.29, 1.82) is 0 Å². The van der Waals surface area contributed by atoms with Gasteiger partial charge in [0.15, 0.2) is 0 Å². The predicted octanol–water partition coefficient (Wildman–Crippen LogP) is -0.0999. The Kier molecular flexibility index (Phi) is 7.37. The lowest BCUT2D eigenvalue weighted by molar-refractivity contribution is 0.481. The molecule has 1 aromatic carbocycles. The van der Waals surface area contributed by atoms with Gasteiger partial charge >= 0.3 is 0 Å². The Morgan fingerprint density at radius 3 is 2.18 bits per heavy atom. The zero-order valence-corrected chi connectivity index (χ0v) is 16.4. The van der Waals surface area contributed by atoms with Crippen molar-refractivity contribution in [1.82, 2.24) is 15.0 Å². The smallest absolute Gasteiger partial charge is 0.294 e. The maximum Gasteiger partial charge on any atom is 0.294 e. The van der Waals surface area contributed by atoms with Crippen LogP contribution in [0.5, 0.6) is 0 Å². The number of benzene rings is 1. The molecule has 154 valence electrons. The largest absolute Gasteiger partial charge is 0.353 e. The SMILES string of the molecule is NCCCc1nc(Cc2ccc(S(=O)(=O)O)cc2)nc(NCCS(=O)(=O)O)n1. The second-order valence-corrected chi connectivity index (χ2v) is 8.89. The molecule has 5 N–H and O–H groups in total. The molecule has 0 amide bonds. The molecule has 0 aliphatic carbocycles. The highest BCUT2D eigenvalue weighted by Crippen LogP contribution is 2.13. The van der Waals surface area contributed by atoms with Crippen molar-refractivity contribution in [3.05, 3.63) is 41.5 Å². The summed E-state index contributed by atoms with van der Waals surface area (Å²) in [6.07, 6.45) is 1.41. The van der Waals surface area contributed by atoms with E-state index in [4.69, 9.17) is 14.8 Å². The molecule has 0 saturated heterocycles. The molecule has 1 heterocycles. The lowest BCUT2D eigenvalue weighted by Gasteiger charge is -2.09. The Balaban J connectivity index is 2.20. The molecular formula is C15H21N5O6S2. The Morgan fingerprint density at radius 1 is 0.964 bits per heavy atom. The van der Waals surface area contributed by atoms with Gasteiger partial charge in [-0.1, -0.05) is 12.1 Å². The molecule has 28 heavy (non-hydrogen) atoms. The number of nitrogens with zero attached hydrogens (tertiary/aromatic N) is 3. The number of aryl methyl sites for hydroxylation is 1. The summed E-state index contributed by atoms with van der Waals surface area (Å²) in [4.78, 5) is 12.5. The molecule has 13 heteroatoms. The third-order valence-electron chi connectivity index (χ3n) is 3.56. The van der Waals surface area contributed by atoms with E-state index in [0.717, 1.165) is 0 Å². The Morgan fingerprint density at radius 2 is 1.61 bits per heavy atom. The highest BCUT2D eigenvalue weighted by Gasteiger charge is 2.11. The molecule has 11 nitrogen and oxygen atoms in total. The van der Waals surface area contributed by atoms with Crippen molar-refractivity contribution >= 4 is 26.2 Å². The van der Waals surface area contributed by atoms with E-state index in [0.29, 0.717) is 36.6 Å². The molecule has 0 saturated carbocycles. The van der Waals surface area contributed by atoms with Crippen LogP contribution in [0.3, 0.4) is 0 Å². The van der Waals surface area contributed by atoms with Crippen LogP contribution in [0, 0.1) is 0 Å². The van der Waals surface area contributed by atoms with E-state index < -0.39 is 26.0 Å². The predicted molar refractivity (Wildman–Crippen MR) is 101 cm³/mol. The number of aromatic nitrogens is 3.